The standard InChI is InChI=1S/C42H30N4/c43-28-31(29-44)27-30-15-17-32(18-16-30)33-19-21-36(22-20-33)41(34-9-3-1-4-10-34)42(35-11-5-2-6-12-35)37-23-25-38(26-24-37)46-40-14-8-7-13-39(40)45/h1-27,46H,45H2/b42-41+. The maximum absolute atomic E-state index is 9.08. The summed E-state index contributed by atoms with van der Waals surface area (Å²) in [5, 5.41) is 21.6. The van der Waals surface area contributed by atoms with E-state index in [4.69, 9.17) is 16.3 Å². The Kier molecular flexibility index (Phi) is 8.82. The minimum Gasteiger partial charge on any atom is -0.397 e. The van der Waals surface area contributed by atoms with E-state index in [0.29, 0.717) is 5.69 Å². The maximum atomic E-state index is 9.08. The van der Waals surface area contributed by atoms with E-state index < -0.39 is 0 Å². The summed E-state index contributed by atoms with van der Waals surface area (Å²) in [5.41, 5.74) is 18.4. The minimum absolute atomic E-state index is 0.0818. The number of nitrogens with one attached hydrogen (secondary N) is 1. The van der Waals surface area contributed by atoms with E-state index in [0.717, 1.165) is 61.5 Å². The number of nitrogen functional groups attached to an aromatic ring is 1. The summed E-state index contributed by atoms with van der Waals surface area (Å²) in [7, 11) is 0. The molecule has 4 heteroatoms. The Bertz CT molecular complexity index is 2080. The molecule has 0 bridgehead atoms. The normalized spacial score (nSPS) is 11.0. The second-order valence-corrected chi connectivity index (χ2v) is 10.8. The molecule has 6 aromatic carbocycles. The number of nitrogens with two attached hydrogens (primary N) is 1. The molecule has 218 valence electrons. The quantitative estimate of drug-likeness (QED) is 0.105. The lowest BCUT2D eigenvalue weighted by atomic mass is 9.85. The average Bonchev–Trinajstić information content (AvgIpc) is 3.12. The molecule has 0 aliphatic rings. The van der Waals surface area contributed by atoms with Crippen molar-refractivity contribution >= 4 is 34.3 Å². The highest BCUT2D eigenvalue weighted by Crippen LogP contribution is 2.38. The molecular formula is C42H30N4. The first-order valence-corrected chi connectivity index (χ1v) is 14.9. The summed E-state index contributed by atoms with van der Waals surface area (Å²) < 4.78 is 0. The third kappa shape index (κ3) is 6.63. The fraction of sp³-hybridized carbons (Fsp3) is 0. The van der Waals surface area contributed by atoms with Crippen molar-refractivity contribution in [2.24, 2.45) is 0 Å². The van der Waals surface area contributed by atoms with Gasteiger partial charge in [0.2, 0.25) is 0 Å². The van der Waals surface area contributed by atoms with E-state index in [2.05, 4.69) is 102 Å². The van der Waals surface area contributed by atoms with Crippen molar-refractivity contribution < 1.29 is 0 Å². The number of para-hydroxylation sites is 2. The molecule has 0 atom stereocenters. The second-order valence-electron chi connectivity index (χ2n) is 10.8. The lowest BCUT2D eigenvalue weighted by molar-refractivity contribution is 1.47. The lowest BCUT2D eigenvalue weighted by Crippen LogP contribution is -1.99. The first-order valence-electron chi connectivity index (χ1n) is 14.9. The second kappa shape index (κ2) is 13.8. The van der Waals surface area contributed by atoms with Gasteiger partial charge >= 0.3 is 0 Å². The van der Waals surface area contributed by atoms with Crippen molar-refractivity contribution in [1.82, 2.24) is 0 Å². The third-order valence-electron chi connectivity index (χ3n) is 7.76. The van der Waals surface area contributed by atoms with Gasteiger partial charge in [-0.25, -0.2) is 0 Å². The fourth-order valence-corrected chi connectivity index (χ4v) is 5.46. The molecule has 0 radical (unpaired) electrons. The van der Waals surface area contributed by atoms with Gasteiger partial charge in [-0.3, -0.25) is 0 Å². The number of nitriles is 2. The van der Waals surface area contributed by atoms with Crippen LogP contribution >= 0.6 is 0 Å². The number of hydrogen-bond donors (Lipinski definition) is 2. The van der Waals surface area contributed by atoms with Crippen LogP contribution in [0.2, 0.25) is 0 Å². The number of benzene rings is 6. The van der Waals surface area contributed by atoms with Crippen LogP contribution in [0.1, 0.15) is 27.8 Å². The fourth-order valence-electron chi connectivity index (χ4n) is 5.46. The van der Waals surface area contributed by atoms with E-state index in [1.165, 1.54) is 0 Å². The van der Waals surface area contributed by atoms with Crippen molar-refractivity contribution in [3.63, 3.8) is 0 Å². The number of allylic oxidation sites excluding steroid dienone is 1. The molecule has 4 nitrogen and oxygen atoms in total. The Morgan fingerprint density at radius 2 is 0.935 bits per heavy atom. The Labute approximate surface area is 269 Å². The van der Waals surface area contributed by atoms with Crippen molar-refractivity contribution in [1.29, 1.82) is 10.5 Å². The van der Waals surface area contributed by atoms with Gasteiger partial charge in [0.1, 0.15) is 17.7 Å². The Morgan fingerprint density at radius 3 is 1.43 bits per heavy atom. The van der Waals surface area contributed by atoms with Crippen LogP contribution in [0.15, 0.2) is 163 Å². The molecule has 0 amide bonds. The highest BCUT2D eigenvalue weighted by Gasteiger charge is 2.16. The van der Waals surface area contributed by atoms with Gasteiger partial charge in [-0.05, 0) is 80.4 Å². The molecule has 0 aromatic heterocycles. The van der Waals surface area contributed by atoms with Gasteiger partial charge in [-0.1, -0.05) is 133 Å². The predicted molar refractivity (Wildman–Crippen MR) is 190 cm³/mol. The molecule has 0 aliphatic heterocycles. The Hall–Kier alpha value is -6.62. The van der Waals surface area contributed by atoms with Gasteiger partial charge < -0.3 is 11.1 Å². The third-order valence-corrected chi connectivity index (χ3v) is 7.76. The highest BCUT2D eigenvalue weighted by molar-refractivity contribution is 6.04. The van der Waals surface area contributed by atoms with Crippen LogP contribution in [0.4, 0.5) is 17.1 Å². The number of nitrogens with zero attached hydrogens (tertiary/aromatic N) is 2. The zero-order chi connectivity index (χ0) is 31.7. The summed E-state index contributed by atoms with van der Waals surface area (Å²) in [4.78, 5) is 0. The van der Waals surface area contributed by atoms with E-state index in [1.807, 2.05) is 72.8 Å². The summed E-state index contributed by atoms with van der Waals surface area (Å²) in [6, 6.07) is 57.5. The highest BCUT2D eigenvalue weighted by atomic mass is 14.9. The van der Waals surface area contributed by atoms with Crippen LogP contribution in [0, 0.1) is 22.7 Å². The molecular weight excluding hydrogens is 560 g/mol. The van der Waals surface area contributed by atoms with Gasteiger partial charge in [-0.2, -0.15) is 10.5 Å². The SMILES string of the molecule is N#CC(C#N)=Cc1ccc(-c2ccc(/C(=C(\c3ccccc3)c3ccc(Nc4ccccc4N)cc3)c3ccccc3)cc2)cc1. The summed E-state index contributed by atoms with van der Waals surface area (Å²) in [6.45, 7) is 0. The van der Waals surface area contributed by atoms with Crippen LogP contribution in [-0.2, 0) is 0 Å². The molecule has 0 fully saturated rings. The van der Waals surface area contributed by atoms with Crippen molar-refractivity contribution in [2.75, 3.05) is 11.1 Å². The van der Waals surface area contributed by atoms with E-state index in [1.54, 1.807) is 6.08 Å². The number of anilines is 3. The molecule has 0 unspecified atom stereocenters. The van der Waals surface area contributed by atoms with Gasteiger partial charge in [0.05, 0.1) is 11.4 Å². The number of rotatable bonds is 8. The van der Waals surface area contributed by atoms with Crippen LogP contribution in [0.25, 0.3) is 28.3 Å². The average molecular weight is 591 g/mol. The van der Waals surface area contributed by atoms with Crippen LogP contribution in [0.3, 0.4) is 0 Å². The molecule has 3 N–H and O–H groups in total. The van der Waals surface area contributed by atoms with Crippen molar-refractivity contribution in [3.05, 3.63) is 191 Å². The lowest BCUT2D eigenvalue weighted by Gasteiger charge is -2.19. The zero-order valence-corrected chi connectivity index (χ0v) is 25.1. The maximum Gasteiger partial charge on any atom is 0.130 e. The summed E-state index contributed by atoms with van der Waals surface area (Å²) in [6.07, 6.45) is 1.59. The molecule has 46 heavy (non-hydrogen) atoms. The summed E-state index contributed by atoms with van der Waals surface area (Å²) >= 11 is 0. The molecule has 0 spiro atoms. The van der Waals surface area contributed by atoms with Gasteiger partial charge in [-0.15, -0.1) is 0 Å². The summed E-state index contributed by atoms with van der Waals surface area (Å²) in [5.74, 6) is 0. The Morgan fingerprint density at radius 1 is 0.500 bits per heavy atom. The van der Waals surface area contributed by atoms with Crippen molar-refractivity contribution in [2.45, 2.75) is 0 Å². The first kappa shape index (κ1) is 29.5. The molecule has 6 rings (SSSR count). The first-order chi connectivity index (χ1) is 22.6. The largest absolute Gasteiger partial charge is 0.397 e. The monoisotopic (exact) mass is 590 g/mol. The van der Waals surface area contributed by atoms with Gasteiger partial charge in [0.25, 0.3) is 0 Å². The number of hydrogen-bond acceptors (Lipinski definition) is 4. The van der Waals surface area contributed by atoms with Gasteiger partial charge in [0.15, 0.2) is 0 Å². The molecule has 6 aromatic rings. The predicted octanol–water partition coefficient (Wildman–Crippen LogP) is 10.1. The smallest absolute Gasteiger partial charge is 0.130 e. The van der Waals surface area contributed by atoms with Crippen LogP contribution in [-0.4, -0.2) is 0 Å². The van der Waals surface area contributed by atoms with Gasteiger partial charge in [0, 0.05) is 5.69 Å². The minimum atomic E-state index is 0.0818. The van der Waals surface area contributed by atoms with E-state index in [9.17, 15) is 0 Å². The van der Waals surface area contributed by atoms with E-state index >= 15 is 0 Å². The Balaban J connectivity index is 1.43. The molecule has 0 heterocycles. The topological polar surface area (TPSA) is 85.6 Å². The molecule has 0 saturated heterocycles. The van der Waals surface area contributed by atoms with E-state index in [-0.39, 0.29) is 5.57 Å². The zero-order valence-electron chi connectivity index (χ0n) is 25.1. The van der Waals surface area contributed by atoms with Crippen LogP contribution < -0.4 is 11.1 Å². The molecule has 0 aliphatic carbocycles. The van der Waals surface area contributed by atoms with Crippen LogP contribution in [0.5, 0.6) is 0 Å². The van der Waals surface area contributed by atoms with Crippen molar-refractivity contribution in [3.8, 4) is 23.3 Å². The molecule has 0 saturated carbocycles.